The number of nitrogens with zero attached hydrogens (tertiary/aromatic N) is 2. The van der Waals surface area contributed by atoms with Crippen molar-refractivity contribution in [2.24, 2.45) is 0 Å². The van der Waals surface area contributed by atoms with Crippen LogP contribution in [0.3, 0.4) is 0 Å². The predicted octanol–water partition coefficient (Wildman–Crippen LogP) is 3.06. The molecule has 0 spiro atoms. The molecular weight excluding hydrogens is 248 g/mol. The van der Waals surface area contributed by atoms with E-state index in [1.807, 2.05) is 30.3 Å². The van der Waals surface area contributed by atoms with Gasteiger partial charge >= 0.3 is 0 Å². The van der Waals surface area contributed by atoms with Crippen LogP contribution in [-0.4, -0.2) is 23.8 Å². The van der Waals surface area contributed by atoms with Crippen LogP contribution in [-0.2, 0) is 0 Å². The summed E-state index contributed by atoms with van der Waals surface area (Å²) in [5, 5.41) is 20.9. The van der Waals surface area contributed by atoms with Gasteiger partial charge in [-0.1, -0.05) is 24.3 Å². The summed E-state index contributed by atoms with van der Waals surface area (Å²) in [4.78, 5) is 2.31. The van der Waals surface area contributed by atoms with E-state index in [1.54, 1.807) is 0 Å². The van der Waals surface area contributed by atoms with Crippen LogP contribution in [0.15, 0.2) is 36.4 Å². The van der Waals surface area contributed by atoms with E-state index in [1.165, 1.54) is 0 Å². The Morgan fingerprint density at radius 3 is 2.65 bits per heavy atom. The molecule has 3 nitrogen and oxygen atoms in total. The molecule has 1 aliphatic heterocycles. The number of fused-ring (bicyclic) bond motifs is 1. The molecular formula is C17H18N2O. The maximum Gasteiger partial charge on any atom is 0.0998 e. The van der Waals surface area contributed by atoms with E-state index in [-0.39, 0.29) is 12.6 Å². The standard InChI is InChI=1S/C17H18N2O/c1-12-6-8-14(11-20)19(12)17-9-7-13(10-18)15-4-2-3-5-16(15)17/h2-5,7,9,12,14,20H,6,8,11H2,1H3. The fraction of sp³-hybridized carbons (Fsp3) is 0.353. The van der Waals surface area contributed by atoms with E-state index in [0.717, 1.165) is 29.3 Å². The molecule has 1 heterocycles. The van der Waals surface area contributed by atoms with Gasteiger partial charge in [0.1, 0.15) is 0 Å². The average molecular weight is 266 g/mol. The summed E-state index contributed by atoms with van der Waals surface area (Å²) in [6.07, 6.45) is 2.12. The van der Waals surface area contributed by atoms with E-state index in [0.29, 0.717) is 11.6 Å². The summed E-state index contributed by atoms with van der Waals surface area (Å²) in [6.45, 7) is 2.38. The minimum atomic E-state index is 0.179. The molecule has 2 aromatic carbocycles. The molecule has 0 aliphatic carbocycles. The molecule has 2 aromatic rings. The van der Waals surface area contributed by atoms with Crippen molar-refractivity contribution in [3.05, 3.63) is 42.0 Å². The lowest BCUT2D eigenvalue weighted by atomic mass is 10.0. The highest BCUT2D eigenvalue weighted by Gasteiger charge is 2.31. The monoisotopic (exact) mass is 266 g/mol. The van der Waals surface area contributed by atoms with Crippen LogP contribution in [0.5, 0.6) is 0 Å². The highest BCUT2D eigenvalue weighted by Crippen LogP contribution is 2.36. The third kappa shape index (κ3) is 1.93. The first-order valence-electron chi connectivity index (χ1n) is 7.07. The number of aliphatic hydroxyl groups is 1. The molecule has 3 heteroatoms. The smallest absolute Gasteiger partial charge is 0.0998 e. The molecule has 0 aromatic heterocycles. The van der Waals surface area contributed by atoms with Crippen molar-refractivity contribution < 1.29 is 5.11 Å². The van der Waals surface area contributed by atoms with Gasteiger partial charge in [0.05, 0.1) is 24.3 Å². The average Bonchev–Trinajstić information content (AvgIpc) is 2.87. The van der Waals surface area contributed by atoms with E-state index < -0.39 is 0 Å². The Hall–Kier alpha value is -2.05. The van der Waals surface area contributed by atoms with Gasteiger partial charge in [-0.25, -0.2) is 0 Å². The van der Waals surface area contributed by atoms with Gasteiger partial charge in [-0.2, -0.15) is 5.26 Å². The summed E-state index contributed by atoms with van der Waals surface area (Å²) in [7, 11) is 0. The van der Waals surface area contributed by atoms with E-state index >= 15 is 0 Å². The molecule has 0 bridgehead atoms. The molecule has 0 amide bonds. The van der Waals surface area contributed by atoms with Gasteiger partial charge in [-0.3, -0.25) is 0 Å². The minimum Gasteiger partial charge on any atom is -0.394 e. The second kappa shape index (κ2) is 5.15. The van der Waals surface area contributed by atoms with Crippen LogP contribution in [0.25, 0.3) is 10.8 Å². The normalized spacial score (nSPS) is 22.1. The number of benzene rings is 2. The number of hydrogen-bond donors (Lipinski definition) is 1. The maximum absolute atomic E-state index is 9.59. The zero-order valence-corrected chi connectivity index (χ0v) is 11.6. The molecule has 0 saturated carbocycles. The first-order chi connectivity index (χ1) is 9.76. The lowest BCUT2D eigenvalue weighted by Crippen LogP contribution is -2.36. The molecule has 3 rings (SSSR count). The van der Waals surface area contributed by atoms with Crippen LogP contribution in [0, 0.1) is 11.3 Å². The van der Waals surface area contributed by atoms with Crippen LogP contribution in [0.1, 0.15) is 25.3 Å². The summed E-state index contributed by atoms with van der Waals surface area (Å²) in [5.41, 5.74) is 1.83. The zero-order chi connectivity index (χ0) is 14.1. The van der Waals surface area contributed by atoms with Gasteiger partial charge in [0, 0.05) is 22.5 Å². The Balaban J connectivity index is 2.20. The van der Waals surface area contributed by atoms with Gasteiger partial charge in [0.2, 0.25) is 0 Å². The fourth-order valence-electron chi connectivity index (χ4n) is 3.29. The van der Waals surface area contributed by atoms with Gasteiger partial charge in [0.25, 0.3) is 0 Å². The Morgan fingerprint density at radius 1 is 1.20 bits per heavy atom. The van der Waals surface area contributed by atoms with Crippen molar-refractivity contribution >= 4 is 16.5 Å². The summed E-state index contributed by atoms with van der Waals surface area (Å²) >= 11 is 0. The Labute approximate surface area is 119 Å². The summed E-state index contributed by atoms with van der Waals surface area (Å²) < 4.78 is 0. The van der Waals surface area contributed by atoms with Gasteiger partial charge in [-0.05, 0) is 31.9 Å². The fourth-order valence-corrected chi connectivity index (χ4v) is 3.29. The van der Waals surface area contributed by atoms with E-state index in [2.05, 4.69) is 24.0 Å². The van der Waals surface area contributed by atoms with Crippen molar-refractivity contribution in [3.8, 4) is 6.07 Å². The number of aliphatic hydroxyl groups excluding tert-OH is 1. The first-order valence-corrected chi connectivity index (χ1v) is 7.07. The number of anilines is 1. The lowest BCUT2D eigenvalue weighted by Gasteiger charge is -2.31. The predicted molar refractivity (Wildman–Crippen MR) is 80.7 cm³/mol. The van der Waals surface area contributed by atoms with Crippen LogP contribution < -0.4 is 4.90 Å². The number of nitriles is 1. The molecule has 2 unspecified atom stereocenters. The van der Waals surface area contributed by atoms with Crippen LogP contribution in [0.2, 0.25) is 0 Å². The summed E-state index contributed by atoms with van der Waals surface area (Å²) in [5.74, 6) is 0. The summed E-state index contributed by atoms with van der Waals surface area (Å²) in [6, 6.07) is 14.8. The second-order valence-electron chi connectivity index (χ2n) is 5.46. The topological polar surface area (TPSA) is 47.3 Å². The molecule has 1 fully saturated rings. The third-order valence-corrected chi connectivity index (χ3v) is 4.30. The maximum atomic E-state index is 9.59. The molecule has 102 valence electrons. The Kier molecular flexibility index (Phi) is 3.33. The van der Waals surface area contributed by atoms with E-state index in [9.17, 15) is 10.4 Å². The molecule has 1 N–H and O–H groups in total. The van der Waals surface area contributed by atoms with Gasteiger partial charge in [-0.15, -0.1) is 0 Å². The number of hydrogen-bond acceptors (Lipinski definition) is 3. The van der Waals surface area contributed by atoms with Crippen molar-refractivity contribution in [3.63, 3.8) is 0 Å². The first kappa shape index (κ1) is 13.0. The number of rotatable bonds is 2. The molecule has 20 heavy (non-hydrogen) atoms. The Bertz CT molecular complexity index is 674. The Morgan fingerprint density at radius 2 is 1.95 bits per heavy atom. The molecule has 1 saturated heterocycles. The van der Waals surface area contributed by atoms with E-state index in [4.69, 9.17) is 0 Å². The molecule has 0 radical (unpaired) electrons. The van der Waals surface area contributed by atoms with Crippen molar-refractivity contribution in [1.29, 1.82) is 5.26 Å². The van der Waals surface area contributed by atoms with Gasteiger partial charge in [0.15, 0.2) is 0 Å². The third-order valence-electron chi connectivity index (χ3n) is 4.30. The minimum absolute atomic E-state index is 0.179. The van der Waals surface area contributed by atoms with Crippen LogP contribution >= 0.6 is 0 Å². The lowest BCUT2D eigenvalue weighted by molar-refractivity contribution is 0.265. The van der Waals surface area contributed by atoms with Gasteiger partial charge < -0.3 is 10.0 Å². The highest BCUT2D eigenvalue weighted by atomic mass is 16.3. The SMILES string of the molecule is CC1CCC(CO)N1c1ccc(C#N)c2ccccc12. The molecule has 2 atom stereocenters. The van der Waals surface area contributed by atoms with Crippen LogP contribution in [0.4, 0.5) is 5.69 Å². The van der Waals surface area contributed by atoms with Crippen molar-refractivity contribution in [2.75, 3.05) is 11.5 Å². The van der Waals surface area contributed by atoms with Crippen molar-refractivity contribution in [2.45, 2.75) is 31.8 Å². The largest absolute Gasteiger partial charge is 0.394 e. The molecule has 1 aliphatic rings. The zero-order valence-electron chi connectivity index (χ0n) is 11.6. The highest BCUT2D eigenvalue weighted by molar-refractivity contribution is 5.98. The van der Waals surface area contributed by atoms with Crippen molar-refractivity contribution in [1.82, 2.24) is 0 Å². The second-order valence-corrected chi connectivity index (χ2v) is 5.46. The quantitative estimate of drug-likeness (QED) is 0.908.